The predicted molar refractivity (Wildman–Crippen MR) is 105 cm³/mol. The molecule has 9 heteroatoms. The number of piperidine rings is 1. The van der Waals surface area contributed by atoms with Gasteiger partial charge in [-0.05, 0) is 43.4 Å². The first kappa shape index (κ1) is 22.1. The largest absolute Gasteiger partial charge is 0.381 e. The van der Waals surface area contributed by atoms with Crippen molar-refractivity contribution in [2.75, 3.05) is 26.3 Å². The van der Waals surface area contributed by atoms with Crippen molar-refractivity contribution in [1.82, 2.24) is 9.62 Å². The second-order valence-electron chi connectivity index (χ2n) is 7.06. The molecular weight excluding hydrogens is 390 g/mol. The number of sulfonamides is 1. The van der Waals surface area contributed by atoms with Crippen molar-refractivity contribution in [2.45, 2.75) is 49.1 Å². The molecule has 0 spiro atoms. The molecular formula is C18H28ClN3O4S. The van der Waals surface area contributed by atoms with Crippen LogP contribution in [0.25, 0.3) is 0 Å². The summed E-state index contributed by atoms with van der Waals surface area (Å²) in [4.78, 5) is 12.7. The van der Waals surface area contributed by atoms with Crippen LogP contribution < -0.4 is 11.1 Å². The van der Waals surface area contributed by atoms with E-state index in [9.17, 15) is 13.2 Å². The average Bonchev–Trinajstić information content (AvgIpc) is 2.67. The normalized spacial score (nSPS) is 20.5. The molecule has 2 fully saturated rings. The summed E-state index contributed by atoms with van der Waals surface area (Å²) in [6.45, 7) is 2.35. The molecule has 152 valence electrons. The highest BCUT2D eigenvalue weighted by Crippen LogP contribution is 2.22. The molecule has 2 heterocycles. The maximum absolute atomic E-state index is 12.8. The molecule has 1 aromatic rings. The Labute approximate surface area is 167 Å². The summed E-state index contributed by atoms with van der Waals surface area (Å²) in [6, 6.07) is 6.77. The molecule has 3 rings (SSSR count). The molecule has 0 saturated carbocycles. The summed E-state index contributed by atoms with van der Waals surface area (Å²) in [5.74, 6) is -0.218. The zero-order chi connectivity index (χ0) is 18.6. The lowest BCUT2D eigenvalue weighted by molar-refractivity contribution is -0.129. The third-order valence-corrected chi connectivity index (χ3v) is 7.04. The Morgan fingerprint density at radius 3 is 2.52 bits per heavy atom. The summed E-state index contributed by atoms with van der Waals surface area (Å²) in [6.07, 6.45) is 3.85. The van der Waals surface area contributed by atoms with Gasteiger partial charge in [0.05, 0.1) is 10.4 Å². The summed E-state index contributed by atoms with van der Waals surface area (Å²) < 4.78 is 32.4. The Morgan fingerprint density at radius 1 is 1.19 bits per heavy atom. The SMILES string of the molecule is Cl.NC1(C(=O)NCc2cccc(S(=O)(=O)N3CCCCC3)c2)CCOCC1. The van der Waals surface area contributed by atoms with Crippen molar-refractivity contribution >= 4 is 28.3 Å². The fourth-order valence-corrected chi connectivity index (χ4v) is 4.98. The summed E-state index contributed by atoms with van der Waals surface area (Å²) >= 11 is 0. The van der Waals surface area contributed by atoms with E-state index in [1.807, 2.05) is 6.07 Å². The van der Waals surface area contributed by atoms with Gasteiger partial charge in [-0.15, -0.1) is 12.4 Å². The zero-order valence-corrected chi connectivity index (χ0v) is 17.0. The predicted octanol–water partition coefficient (Wildman–Crippen LogP) is 1.41. The van der Waals surface area contributed by atoms with E-state index in [2.05, 4.69) is 5.32 Å². The van der Waals surface area contributed by atoms with Crippen LogP contribution in [0.3, 0.4) is 0 Å². The van der Waals surface area contributed by atoms with Crippen LogP contribution in [0.15, 0.2) is 29.2 Å². The van der Waals surface area contributed by atoms with Crippen LogP contribution in [0.4, 0.5) is 0 Å². The molecule has 0 unspecified atom stereocenters. The monoisotopic (exact) mass is 417 g/mol. The van der Waals surface area contributed by atoms with Crippen LogP contribution >= 0.6 is 12.4 Å². The molecule has 0 radical (unpaired) electrons. The van der Waals surface area contributed by atoms with E-state index in [0.29, 0.717) is 39.1 Å². The Morgan fingerprint density at radius 2 is 1.85 bits per heavy atom. The van der Waals surface area contributed by atoms with Gasteiger partial charge in [-0.3, -0.25) is 4.79 Å². The lowest BCUT2D eigenvalue weighted by atomic mass is 9.90. The van der Waals surface area contributed by atoms with Gasteiger partial charge in [0.15, 0.2) is 0 Å². The topological polar surface area (TPSA) is 102 Å². The maximum atomic E-state index is 12.8. The number of nitrogens with two attached hydrogens (primary N) is 1. The van der Waals surface area contributed by atoms with Gasteiger partial charge < -0.3 is 15.8 Å². The van der Waals surface area contributed by atoms with Crippen molar-refractivity contribution in [3.05, 3.63) is 29.8 Å². The fourth-order valence-electron chi connectivity index (χ4n) is 3.39. The number of amides is 1. The van der Waals surface area contributed by atoms with Gasteiger partial charge >= 0.3 is 0 Å². The van der Waals surface area contributed by atoms with Crippen LogP contribution in [0.2, 0.25) is 0 Å². The third-order valence-electron chi connectivity index (χ3n) is 5.14. The van der Waals surface area contributed by atoms with E-state index < -0.39 is 15.6 Å². The molecule has 2 aliphatic heterocycles. The number of hydrogen-bond donors (Lipinski definition) is 2. The highest BCUT2D eigenvalue weighted by molar-refractivity contribution is 7.89. The van der Waals surface area contributed by atoms with E-state index in [0.717, 1.165) is 24.8 Å². The number of benzene rings is 1. The lowest BCUT2D eigenvalue weighted by Crippen LogP contribution is -2.56. The van der Waals surface area contributed by atoms with Crippen LogP contribution in [-0.2, 0) is 26.1 Å². The fraction of sp³-hybridized carbons (Fsp3) is 0.611. The van der Waals surface area contributed by atoms with Gasteiger partial charge in [-0.2, -0.15) is 4.31 Å². The van der Waals surface area contributed by atoms with Crippen LogP contribution in [-0.4, -0.2) is 50.5 Å². The molecule has 2 saturated heterocycles. The van der Waals surface area contributed by atoms with E-state index >= 15 is 0 Å². The first-order valence-corrected chi connectivity index (χ1v) is 10.6. The first-order valence-electron chi connectivity index (χ1n) is 9.16. The molecule has 1 amide bonds. The smallest absolute Gasteiger partial charge is 0.243 e. The second kappa shape index (κ2) is 9.34. The van der Waals surface area contributed by atoms with Crippen LogP contribution in [0.5, 0.6) is 0 Å². The quantitative estimate of drug-likeness (QED) is 0.754. The van der Waals surface area contributed by atoms with Crippen molar-refractivity contribution in [2.24, 2.45) is 5.73 Å². The number of nitrogens with zero attached hydrogens (tertiary/aromatic N) is 1. The van der Waals surface area contributed by atoms with E-state index in [1.54, 1.807) is 22.5 Å². The van der Waals surface area contributed by atoms with Crippen LogP contribution in [0.1, 0.15) is 37.7 Å². The minimum absolute atomic E-state index is 0. The van der Waals surface area contributed by atoms with E-state index in [-0.39, 0.29) is 29.8 Å². The summed E-state index contributed by atoms with van der Waals surface area (Å²) in [7, 11) is -3.48. The molecule has 3 N–H and O–H groups in total. The minimum Gasteiger partial charge on any atom is -0.381 e. The number of nitrogens with one attached hydrogen (secondary N) is 1. The lowest BCUT2D eigenvalue weighted by Gasteiger charge is -2.31. The van der Waals surface area contributed by atoms with Crippen molar-refractivity contribution < 1.29 is 17.9 Å². The second-order valence-corrected chi connectivity index (χ2v) is 9.00. The zero-order valence-electron chi connectivity index (χ0n) is 15.4. The van der Waals surface area contributed by atoms with Crippen molar-refractivity contribution in [3.8, 4) is 0 Å². The number of carbonyl (C=O) groups is 1. The molecule has 0 atom stereocenters. The maximum Gasteiger partial charge on any atom is 0.243 e. The van der Waals surface area contributed by atoms with Crippen molar-refractivity contribution in [1.29, 1.82) is 0 Å². The molecule has 7 nitrogen and oxygen atoms in total. The van der Waals surface area contributed by atoms with Crippen molar-refractivity contribution in [3.63, 3.8) is 0 Å². The Kier molecular flexibility index (Phi) is 7.64. The number of rotatable bonds is 5. The van der Waals surface area contributed by atoms with E-state index in [4.69, 9.17) is 10.5 Å². The standard InChI is InChI=1S/C18H27N3O4S.ClH/c19-18(7-11-25-12-8-18)17(22)20-14-15-5-4-6-16(13-15)26(23,24)21-9-2-1-3-10-21;/h4-6,13H,1-3,7-12,14,19H2,(H,20,22);1H. The Balaban J connectivity index is 0.00000261. The molecule has 1 aromatic carbocycles. The summed E-state index contributed by atoms with van der Waals surface area (Å²) in [5.41, 5.74) is 6.00. The van der Waals surface area contributed by atoms with Gasteiger partial charge in [0.1, 0.15) is 0 Å². The molecule has 0 aromatic heterocycles. The minimum atomic E-state index is -3.48. The van der Waals surface area contributed by atoms with Gasteiger partial charge in [0, 0.05) is 32.8 Å². The van der Waals surface area contributed by atoms with Gasteiger partial charge in [0.2, 0.25) is 15.9 Å². The van der Waals surface area contributed by atoms with Gasteiger partial charge in [0.25, 0.3) is 0 Å². The Hall–Kier alpha value is -1.19. The van der Waals surface area contributed by atoms with E-state index in [1.165, 1.54) is 0 Å². The third kappa shape index (κ3) is 5.20. The number of halogens is 1. The van der Waals surface area contributed by atoms with Gasteiger partial charge in [-0.1, -0.05) is 18.6 Å². The summed E-state index contributed by atoms with van der Waals surface area (Å²) in [5, 5.41) is 2.84. The molecule has 0 bridgehead atoms. The number of carbonyl (C=O) groups excluding carboxylic acids is 1. The highest BCUT2D eigenvalue weighted by atomic mass is 35.5. The Bertz CT molecular complexity index is 745. The molecule has 0 aliphatic carbocycles. The number of ether oxygens (including phenoxy) is 1. The average molecular weight is 418 g/mol. The van der Waals surface area contributed by atoms with Crippen LogP contribution in [0, 0.1) is 0 Å². The molecule has 2 aliphatic rings. The number of hydrogen-bond acceptors (Lipinski definition) is 5. The first-order chi connectivity index (χ1) is 12.4. The highest BCUT2D eigenvalue weighted by Gasteiger charge is 2.35. The molecule has 27 heavy (non-hydrogen) atoms. The van der Waals surface area contributed by atoms with Gasteiger partial charge in [-0.25, -0.2) is 8.42 Å².